The molecule has 1 aliphatic rings. The highest BCUT2D eigenvalue weighted by atomic mass is 15.3. The van der Waals surface area contributed by atoms with Crippen LogP contribution in [-0.2, 0) is 0 Å². The summed E-state index contributed by atoms with van der Waals surface area (Å²) in [5, 5.41) is 4.42. The second kappa shape index (κ2) is 4.61. The standard InChI is InChI=1S/C10H21N3/c1-5-8(2)11-12-10-6-9(3)13(4)7-10/h8-9,11H,5-7H2,1-4H3/b12-10-. The summed E-state index contributed by atoms with van der Waals surface area (Å²) >= 11 is 0. The van der Waals surface area contributed by atoms with E-state index in [2.05, 4.69) is 43.2 Å². The van der Waals surface area contributed by atoms with Crippen molar-refractivity contribution < 1.29 is 0 Å². The van der Waals surface area contributed by atoms with Crippen molar-refractivity contribution in [2.24, 2.45) is 5.10 Å². The molecule has 0 aliphatic carbocycles. The first-order chi connectivity index (χ1) is 6.13. The summed E-state index contributed by atoms with van der Waals surface area (Å²) in [6.07, 6.45) is 2.24. The Labute approximate surface area is 81.2 Å². The van der Waals surface area contributed by atoms with Gasteiger partial charge in [-0.2, -0.15) is 5.10 Å². The maximum absolute atomic E-state index is 4.42. The first kappa shape index (κ1) is 10.5. The van der Waals surface area contributed by atoms with Gasteiger partial charge in [0.15, 0.2) is 0 Å². The summed E-state index contributed by atoms with van der Waals surface area (Å²) in [7, 11) is 2.15. The minimum absolute atomic E-state index is 0.494. The average Bonchev–Trinajstić information content (AvgIpc) is 2.42. The van der Waals surface area contributed by atoms with Gasteiger partial charge in [-0.1, -0.05) is 6.92 Å². The molecule has 2 atom stereocenters. The first-order valence-corrected chi connectivity index (χ1v) is 5.14. The zero-order valence-electron chi connectivity index (χ0n) is 9.17. The first-order valence-electron chi connectivity index (χ1n) is 5.14. The molecule has 0 spiro atoms. The van der Waals surface area contributed by atoms with Crippen LogP contribution < -0.4 is 5.43 Å². The molecule has 2 unspecified atom stereocenters. The van der Waals surface area contributed by atoms with Gasteiger partial charge in [0.1, 0.15) is 0 Å². The van der Waals surface area contributed by atoms with E-state index in [1.807, 2.05) is 0 Å². The smallest absolute Gasteiger partial charge is 0.0533 e. The molecule has 3 nitrogen and oxygen atoms in total. The normalized spacial score (nSPS) is 29.5. The third-order valence-electron chi connectivity index (χ3n) is 2.77. The zero-order valence-corrected chi connectivity index (χ0v) is 9.17. The number of nitrogens with one attached hydrogen (secondary N) is 1. The van der Waals surface area contributed by atoms with Crippen molar-refractivity contribution in [3.05, 3.63) is 0 Å². The Bertz CT molecular complexity index is 177. The summed E-state index contributed by atoms with van der Waals surface area (Å²) in [6.45, 7) is 7.59. The highest BCUT2D eigenvalue weighted by Gasteiger charge is 2.21. The Hall–Kier alpha value is -0.570. The van der Waals surface area contributed by atoms with Crippen LogP contribution in [0.25, 0.3) is 0 Å². The van der Waals surface area contributed by atoms with Gasteiger partial charge in [0, 0.05) is 25.0 Å². The molecule has 1 fully saturated rings. The fourth-order valence-electron chi connectivity index (χ4n) is 1.38. The molecular formula is C10H21N3. The van der Waals surface area contributed by atoms with Gasteiger partial charge in [-0.3, -0.25) is 4.90 Å². The third-order valence-corrected chi connectivity index (χ3v) is 2.77. The number of likely N-dealkylation sites (tertiary alicyclic amines) is 1. The lowest BCUT2D eigenvalue weighted by Crippen LogP contribution is -2.23. The van der Waals surface area contributed by atoms with Gasteiger partial charge in [-0.05, 0) is 27.3 Å². The fraction of sp³-hybridized carbons (Fsp3) is 0.900. The van der Waals surface area contributed by atoms with Crippen LogP contribution in [0.4, 0.5) is 0 Å². The molecule has 13 heavy (non-hydrogen) atoms. The van der Waals surface area contributed by atoms with Crippen LogP contribution in [0.15, 0.2) is 5.10 Å². The van der Waals surface area contributed by atoms with Gasteiger partial charge in [0.05, 0.1) is 5.71 Å². The summed E-state index contributed by atoms with van der Waals surface area (Å²) in [5.41, 5.74) is 4.46. The predicted molar refractivity (Wildman–Crippen MR) is 57.0 cm³/mol. The highest BCUT2D eigenvalue weighted by molar-refractivity contribution is 5.88. The van der Waals surface area contributed by atoms with Crippen molar-refractivity contribution in [2.45, 2.75) is 45.7 Å². The van der Waals surface area contributed by atoms with Crippen LogP contribution in [0.2, 0.25) is 0 Å². The second-order valence-corrected chi connectivity index (χ2v) is 4.08. The van der Waals surface area contributed by atoms with Crippen LogP contribution in [0.5, 0.6) is 0 Å². The summed E-state index contributed by atoms with van der Waals surface area (Å²) in [4.78, 5) is 2.33. The fourth-order valence-corrected chi connectivity index (χ4v) is 1.38. The van der Waals surface area contributed by atoms with Gasteiger partial charge in [-0.25, -0.2) is 0 Å². The van der Waals surface area contributed by atoms with Crippen LogP contribution >= 0.6 is 0 Å². The van der Waals surface area contributed by atoms with Gasteiger partial charge in [-0.15, -0.1) is 0 Å². The van der Waals surface area contributed by atoms with Crippen molar-refractivity contribution in [1.82, 2.24) is 10.3 Å². The van der Waals surface area contributed by atoms with E-state index in [1.165, 1.54) is 5.71 Å². The quantitative estimate of drug-likeness (QED) is 0.671. The van der Waals surface area contributed by atoms with Crippen LogP contribution in [0.3, 0.4) is 0 Å². The second-order valence-electron chi connectivity index (χ2n) is 4.08. The molecule has 0 aromatic heterocycles. The van der Waals surface area contributed by atoms with Gasteiger partial charge in [0.2, 0.25) is 0 Å². The molecule has 0 aromatic carbocycles. The lowest BCUT2D eigenvalue weighted by Gasteiger charge is -2.11. The van der Waals surface area contributed by atoms with E-state index >= 15 is 0 Å². The molecule has 0 bridgehead atoms. The number of hydrogen-bond donors (Lipinski definition) is 1. The van der Waals surface area contributed by atoms with E-state index in [4.69, 9.17) is 0 Å². The molecule has 1 saturated heterocycles. The monoisotopic (exact) mass is 183 g/mol. The average molecular weight is 183 g/mol. The van der Waals surface area contributed by atoms with Crippen LogP contribution in [-0.4, -0.2) is 36.3 Å². The highest BCUT2D eigenvalue weighted by Crippen LogP contribution is 2.11. The summed E-state index contributed by atoms with van der Waals surface area (Å²) < 4.78 is 0. The summed E-state index contributed by atoms with van der Waals surface area (Å²) in [5.74, 6) is 0. The van der Waals surface area contributed by atoms with E-state index in [9.17, 15) is 0 Å². The number of hydrogen-bond acceptors (Lipinski definition) is 3. The van der Waals surface area contributed by atoms with Crippen molar-refractivity contribution in [2.75, 3.05) is 13.6 Å². The SMILES string of the molecule is CCC(C)N/N=C1/CC(C)N(C)C1. The van der Waals surface area contributed by atoms with E-state index in [-0.39, 0.29) is 0 Å². The molecular weight excluding hydrogens is 162 g/mol. The molecule has 0 radical (unpaired) electrons. The molecule has 0 saturated carbocycles. The Morgan fingerprint density at radius 3 is 2.85 bits per heavy atom. The van der Waals surface area contributed by atoms with Crippen LogP contribution in [0.1, 0.15) is 33.6 Å². The Morgan fingerprint density at radius 1 is 1.69 bits per heavy atom. The van der Waals surface area contributed by atoms with E-state index in [1.54, 1.807) is 0 Å². The van der Waals surface area contributed by atoms with Crippen molar-refractivity contribution in [1.29, 1.82) is 0 Å². The lowest BCUT2D eigenvalue weighted by atomic mass is 10.2. The molecule has 1 rings (SSSR count). The van der Waals surface area contributed by atoms with Crippen molar-refractivity contribution >= 4 is 5.71 Å². The Morgan fingerprint density at radius 2 is 2.38 bits per heavy atom. The molecule has 1 N–H and O–H groups in total. The van der Waals surface area contributed by atoms with Crippen molar-refractivity contribution in [3.8, 4) is 0 Å². The molecule has 76 valence electrons. The maximum Gasteiger partial charge on any atom is 0.0533 e. The number of rotatable bonds is 3. The molecule has 1 aliphatic heterocycles. The number of nitrogens with zero attached hydrogens (tertiary/aromatic N) is 2. The minimum atomic E-state index is 0.494. The summed E-state index contributed by atoms with van der Waals surface area (Å²) in [6, 6.07) is 1.14. The predicted octanol–water partition coefficient (Wildman–Crippen LogP) is 1.45. The molecule has 0 aromatic rings. The third kappa shape index (κ3) is 2.99. The van der Waals surface area contributed by atoms with Gasteiger partial charge < -0.3 is 5.43 Å². The van der Waals surface area contributed by atoms with Gasteiger partial charge >= 0.3 is 0 Å². The Balaban J connectivity index is 2.37. The van der Waals surface area contributed by atoms with E-state index in [0.29, 0.717) is 12.1 Å². The molecule has 0 amide bonds. The lowest BCUT2D eigenvalue weighted by molar-refractivity contribution is 0.333. The molecule has 3 heteroatoms. The zero-order chi connectivity index (χ0) is 9.84. The maximum atomic E-state index is 4.42. The van der Waals surface area contributed by atoms with E-state index < -0.39 is 0 Å². The van der Waals surface area contributed by atoms with E-state index in [0.717, 1.165) is 19.4 Å². The van der Waals surface area contributed by atoms with Gasteiger partial charge in [0.25, 0.3) is 0 Å². The minimum Gasteiger partial charge on any atom is -0.307 e. The van der Waals surface area contributed by atoms with Crippen LogP contribution in [0, 0.1) is 0 Å². The largest absolute Gasteiger partial charge is 0.307 e. The number of hydrazone groups is 1. The topological polar surface area (TPSA) is 27.6 Å². The molecule has 1 heterocycles. The van der Waals surface area contributed by atoms with Crippen molar-refractivity contribution in [3.63, 3.8) is 0 Å². The Kier molecular flexibility index (Phi) is 3.72.